The number of benzene rings is 4. The quantitative estimate of drug-likeness (QED) is 0.349. The van der Waals surface area contributed by atoms with Crippen LogP contribution in [-0.4, -0.2) is 9.55 Å². The Labute approximate surface area is 161 Å². The standard InChI is InChI=1S/C25H16N2O/c1-2-9-18(10-3-1)27-22-13-7-6-12-21(22)26-25(27)20-16-28-23-15-14-17-8-4-5-11-19(17)24(20)23/h1-16H. The highest BCUT2D eigenvalue weighted by Gasteiger charge is 2.19. The van der Waals surface area contributed by atoms with E-state index in [-0.39, 0.29) is 0 Å². The van der Waals surface area contributed by atoms with Gasteiger partial charge in [0, 0.05) is 11.1 Å². The van der Waals surface area contributed by atoms with Crippen molar-refractivity contribution in [1.82, 2.24) is 9.55 Å². The summed E-state index contributed by atoms with van der Waals surface area (Å²) < 4.78 is 8.15. The molecule has 0 atom stereocenters. The van der Waals surface area contributed by atoms with Crippen molar-refractivity contribution in [3.8, 4) is 17.1 Å². The number of hydrogen-bond donors (Lipinski definition) is 0. The summed E-state index contributed by atoms with van der Waals surface area (Å²) in [6.07, 6.45) is 1.83. The Morgan fingerprint density at radius 3 is 2.43 bits per heavy atom. The third-order valence-electron chi connectivity index (χ3n) is 5.28. The number of fused-ring (bicyclic) bond motifs is 4. The van der Waals surface area contributed by atoms with Crippen molar-refractivity contribution >= 4 is 32.8 Å². The lowest BCUT2D eigenvalue weighted by Crippen LogP contribution is -1.96. The molecule has 28 heavy (non-hydrogen) atoms. The fourth-order valence-corrected chi connectivity index (χ4v) is 4.02. The molecule has 2 aromatic heterocycles. The van der Waals surface area contributed by atoms with Crippen LogP contribution in [0.2, 0.25) is 0 Å². The molecule has 0 amide bonds. The second-order valence-electron chi connectivity index (χ2n) is 6.90. The number of rotatable bonds is 2. The zero-order chi connectivity index (χ0) is 18.5. The van der Waals surface area contributed by atoms with Gasteiger partial charge in [-0.25, -0.2) is 4.98 Å². The summed E-state index contributed by atoms with van der Waals surface area (Å²) in [5.41, 5.74) is 5.02. The van der Waals surface area contributed by atoms with Crippen molar-refractivity contribution in [2.75, 3.05) is 0 Å². The topological polar surface area (TPSA) is 31.0 Å². The van der Waals surface area contributed by atoms with Crippen LogP contribution in [0.25, 0.3) is 49.9 Å². The van der Waals surface area contributed by atoms with Gasteiger partial charge in [-0.05, 0) is 41.1 Å². The molecule has 4 aromatic carbocycles. The fraction of sp³-hybridized carbons (Fsp3) is 0. The molecular formula is C25H16N2O. The summed E-state index contributed by atoms with van der Waals surface area (Å²) in [6, 6.07) is 31.1. The van der Waals surface area contributed by atoms with E-state index in [4.69, 9.17) is 9.40 Å². The molecule has 0 N–H and O–H groups in total. The maximum atomic E-state index is 5.95. The molecule has 0 bridgehead atoms. The molecule has 0 aliphatic heterocycles. The molecule has 0 aliphatic rings. The lowest BCUT2D eigenvalue weighted by Gasteiger charge is -2.09. The number of para-hydroxylation sites is 3. The molecule has 0 unspecified atom stereocenters. The van der Waals surface area contributed by atoms with Crippen molar-refractivity contribution < 1.29 is 4.42 Å². The van der Waals surface area contributed by atoms with E-state index in [2.05, 4.69) is 77.4 Å². The van der Waals surface area contributed by atoms with E-state index in [9.17, 15) is 0 Å². The third kappa shape index (κ3) is 2.13. The first-order chi connectivity index (χ1) is 13.9. The van der Waals surface area contributed by atoms with Gasteiger partial charge in [-0.15, -0.1) is 0 Å². The smallest absolute Gasteiger partial charge is 0.149 e. The van der Waals surface area contributed by atoms with Crippen LogP contribution in [0.5, 0.6) is 0 Å². The molecule has 0 radical (unpaired) electrons. The van der Waals surface area contributed by atoms with Crippen molar-refractivity contribution in [3.05, 3.63) is 97.3 Å². The monoisotopic (exact) mass is 360 g/mol. The molecule has 2 heterocycles. The van der Waals surface area contributed by atoms with Crippen molar-refractivity contribution in [3.63, 3.8) is 0 Å². The summed E-state index contributed by atoms with van der Waals surface area (Å²) in [7, 11) is 0. The maximum absolute atomic E-state index is 5.95. The summed E-state index contributed by atoms with van der Waals surface area (Å²) >= 11 is 0. The Morgan fingerprint density at radius 1 is 0.714 bits per heavy atom. The van der Waals surface area contributed by atoms with Crippen LogP contribution in [0, 0.1) is 0 Å². The Morgan fingerprint density at radius 2 is 1.50 bits per heavy atom. The molecular weight excluding hydrogens is 344 g/mol. The number of imidazole rings is 1. The molecule has 3 nitrogen and oxygen atoms in total. The van der Waals surface area contributed by atoms with Crippen LogP contribution in [0.15, 0.2) is 102 Å². The van der Waals surface area contributed by atoms with Gasteiger partial charge in [-0.3, -0.25) is 4.57 Å². The summed E-state index contributed by atoms with van der Waals surface area (Å²) in [6.45, 7) is 0. The van der Waals surface area contributed by atoms with Gasteiger partial charge in [-0.1, -0.05) is 60.7 Å². The Hall–Kier alpha value is -3.85. The van der Waals surface area contributed by atoms with E-state index >= 15 is 0 Å². The lowest BCUT2D eigenvalue weighted by atomic mass is 10.0. The Kier molecular flexibility index (Phi) is 3.17. The molecule has 132 valence electrons. The predicted molar refractivity (Wildman–Crippen MR) is 114 cm³/mol. The van der Waals surface area contributed by atoms with Crippen molar-refractivity contribution in [1.29, 1.82) is 0 Å². The normalized spacial score (nSPS) is 11.6. The third-order valence-corrected chi connectivity index (χ3v) is 5.28. The highest BCUT2D eigenvalue weighted by atomic mass is 16.3. The van der Waals surface area contributed by atoms with Gasteiger partial charge in [0.1, 0.15) is 17.7 Å². The number of aromatic nitrogens is 2. The molecule has 0 aliphatic carbocycles. The molecule has 3 heteroatoms. The van der Waals surface area contributed by atoms with E-state index in [1.807, 2.05) is 24.5 Å². The van der Waals surface area contributed by atoms with E-state index in [1.165, 1.54) is 10.8 Å². The van der Waals surface area contributed by atoms with Crippen LogP contribution in [0.1, 0.15) is 0 Å². The minimum atomic E-state index is 0.875. The average molecular weight is 360 g/mol. The van der Waals surface area contributed by atoms with E-state index < -0.39 is 0 Å². The van der Waals surface area contributed by atoms with Gasteiger partial charge >= 0.3 is 0 Å². The maximum Gasteiger partial charge on any atom is 0.149 e. The van der Waals surface area contributed by atoms with Crippen LogP contribution < -0.4 is 0 Å². The SMILES string of the molecule is c1ccc(-n2c(-c3coc4ccc5ccccc5c34)nc3ccccc32)cc1. The average Bonchev–Trinajstić information content (AvgIpc) is 3.36. The first-order valence-electron chi connectivity index (χ1n) is 9.32. The predicted octanol–water partition coefficient (Wildman–Crippen LogP) is 6.59. The molecule has 0 saturated carbocycles. The number of furan rings is 1. The summed E-state index contributed by atoms with van der Waals surface area (Å²) in [4.78, 5) is 4.99. The first kappa shape index (κ1) is 15.2. The number of hydrogen-bond acceptors (Lipinski definition) is 2. The first-order valence-corrected chi connectivity index (χ1v) is 9.32. The van der Waals surface area contributed by atoms with Crippen molar-refractivity contribution in [2.24, 2.45) is 0 Å². The lowest BCUT2D eigenvalue weighted by molar-refractivity contribution is 0.616. The van der Waals surface area contributed by atoms with E-state index in [0.29, 0.717) is 0 Å². The Bertz CT molecular complexity index is 1460. The van der Waals surface area contributed by atoms with Gasteiger partial charge in [0.05, 0.1) is 16.6 Å². The summed E-state index contributed by atoms with van der Waals surface area (Å²) in [5, 5.41) is 3.47. The summed E-state index contributed by atoms with van der Waals surface area (Å²) in [5.74, 6) is 0.891. The minimum absolute atomic E-state index is 0.875. The second kappa shape index (κ2) is 5.83. The minimum Gasteiger partial charge on any atom is -0.464 e. The largest absolute Gasteiger partial charge is 0.464 e. The second-order valence-corrected chi connectivity index (χ2v) is 6.90. The van der Waals surface area contributed by atoms with Crippen molar-refractivity contribution in [2.45, 2.75) is 0 Å². The van der Waals surface area contributed by atoms with Gasteiger partial charge in [0.15, 0.2) is 0 Å². The van der Waals surface area contributed by atoms with Gasteiger partial charge < -0.3 is 4.42 Å². The van der Waals surface area contributed by atoms with Crippen LogP contribution in [0.3, 0.4) is 0 Å². The Balaban J connectivity index is 1.76. The van der Waals surface area contributed by atoms with Crippen LogP contribution in [-0.2, 0) is 0 Å². The zero-order valence-corrected chi connectivity index (χ0v) is 15.0. The van der Waals surface area contributed by atoms with Crippen LogP contribution in [0.4, 0.5) is 0 Å². The van der Waals surface area contributed by atoms with Crippen LogP contribution >= 0.6 is 0 Å². The fourth-order valence-electron chi connectivity index (χ4n) is 4.02. The van der Waals surface area contributed by atoms with Gasteiger partial charge in [0.2, 0.25) is 0 Å². The zero-order valence-electron chi connectivity index (χ0n) is 15.0. The highest BCUT2D eigenvalue weighted by molar-refractivity contribution is 6.12. The van der Waals surface area contributed by atoms with Gasteiger partial charge in [-0.2, -0.15) is 0 Å². The molecule has 0 fully saturated rings. The molecule has 0 spiro atoms. The molecule has 6 aromatic rings. The molecule has 0 saturated heterocycles. The highest BCUT2D eigenvalue weighted by Crippen LogP contribution is 2.38. The number of nitrogens with zero attached hydrogens (tertiary/aromatic N) is 2. The van der Waals surface area contributed by atoms with E-state index in [0.717, 1.165) is 39.1 Å². The van der Waals surface area contributed by atoms with Gasteiger partial charge in [0.25, 0.3) is 0 Å². The molecule has 6 rings (SSSR count). The van der Waals surface area contributed by atoms with E-state index in [1.54, 1.807) is 0 Å².